The zero-order valence-corrected chi connectivity index (χ0v) is 15.0. The van der Waals surface area contributed by atoms with E-state index in [-0.39, 0.29) is 18.5 Å². The van der Waals surface area contributed by atoms with E-state index in [0.717, 1.165) is 35.5 Å². The second-order valence-corrected chi connectivity index (χ2v) is 6.54. The Bertz CT molecular complexity index is 796. The Kier molecular flexibility index (Phi) is 4.88. The van der Waals surface area contributed by atoms with Gasteiger partial charge in [-0.05, 0) is 38.0 Å². The van der Waals surface area contributed by atoms with Crippen molar-refractivity contribution in [1.82, 2.24) is 20.0 Å². The number of urea groups is 1. The molecule has 0 bridgehead atoms. The summed E-state index contributed by atoms with van der Waals surface area (Å²) in [6, 6.07) is 9.05. The molecule has 1 aliphatic heterocycles. The number of carbonyl (C=O) groups excluding carboxylic acids is 2. The van der Waals surface area contributed by atoms with Gasteiger partial charge in [-0.15, -0.1) is 0 Å². The lowest BCUT2D eigenvalue weighted by Crippen LogP contribution is -2.31. The maximum atomic E-state index is 12.6. The minimum atomic E-state index is -0.395. The van der Waals surface area contributed by atoms with E-state index in [1.165, 1.54) is 4.90 Å². The summed E-state index contributed by atoms with van der Waals surface area (Å²) in [5.41, 5.74) is 3.74. The zero-order valence-electron chi connectivity index (χ0n) is 15.0. The van der Waals surface area contributed by atoms with Crippen molar-refractivity contribution in [2.75, 3.05) is 0 Å². The minimum Gasteiger partial charge on any atom is -0.326 e. The van der Waals surface area contributed by atoms with Crippen LogP contribution in [0.3, 0.4) is 0 Å². The Morgan fingerprint density at radius 3 is 2.64 bits per heavy atom. The highest BCUT2D eigenvalue weighted by atomic mass is 16.2. The van der Waals surface area contributed by atoms with Crippen LogP contribution in [0.5, 0.6) is 0 Å². The number of amides is 3. The summed E-state index contributed by atoms with van der Waals surface area (Å²) in [5.74, 6) is -0.137. The lowest BCUT2D eigenvalue weighted by molar-refractivity contribution is -0.128. The first-order chi connectivity index (χ1) is 12.0. The van der Waals surface area contributed by atoms with E-state index in [2.05, 4.69) is 17.3 Å². The molecule has 2 aromatic rings. The molecule has 1 atom stereocenters. The maximum Gasteiger partial charge on any atom is 0.325 e. The first kappa shape index (κ1) is 17.2. The van der Waals surface area contributed by atoms with E-state index in [0.29, 0.717) is 6.42 Å². The van der Waals surface area contributed by atoms with Gasteiger partial charge in [0, 0.05) is 5.69 Å². The number of hydrogen-bond donors (Lipinski definition) is 1. The van der Waals surface area contributed by atoms with E-state index in [1.807, 2.05) is 48.9 Å². The van der Waals surface area contributed by atoms with E-state index >= 15 is 0 Å². The maximum absolute atomic E-state index is 12.6. The molecule has 1 aliphatic rings. The van der Waals surface area contributed by atoms with Crippen molar-refractivity contribution in [2.45, 2.75) is 52.6 Å². The molecule has 6 heteroatoms. The first-order valence-corrected chi connectivity index (χ1v) is 8.74. The molecule has 0 spiro atoms. The highest BCUT2D eigenvalue weighted by Gasteiger charge is 2.37. The molecule has 25 heavy (non-hydrogen) atoms. The molecule has 6 nitrogen and oxygen atoms in total. The topological polar surface area (TPSA) is 67.2 Å². The molecule has 1 N–H and O–H groups in total. The average Bonchev–Trinajstić information content (AvgIpc) is 3.06. The average molecular weight is 340 g/mol. The fourth-order valence-electron chi connectivity index (χ4n) is 3.22. The number of imide groups is 1. The molecule has 132 valence electrons. The number of aromatic nitrogens is 2. The zero-order chi connectivity index (χ0) is 18.0. The summed E-state index contributed by atoms with van der Waals surface area (Å²) in [6.07, 6.45) is 2.62. The van der Waals surface area contributed by atoms with Crippen molar-refractivity contribution in [1.29, 1.82) is 0 Å². The van der Waals surface area contributed by atoms with Gasteiger partial charge in [0.2, 0.25) is 0 Å². The van der Waals surface area contributed by atoms with E-state index < -0.39 is 6.04 Å². The molecule has 0 aliphatic carbocycles. The Labute approximate surface area is 147 Å². The number of nitrogens with zero attached hydrogens (tertiary/aromatic N) is 3. The summed E-state index contributed by atoms with van der Waals surface area (Å²) in [6.45, 7) is 6.26. The third kappa shape index (κ3) is 3.43. The fourth-order valence-corrected chi connectivity index (χ4v) is 3.22. The van der Waals surface area contributed by atoms with Gasteiger partial charge < -0.3 is 5.32 Å². The van der Waals surface area contributed by atoms with Gasteiger partial charge in [-0.3, -0.25) is 9.69 Å². The Morgan fingerprint density at radius 1 is 1.20 bits per heavy atom. The van der Waals surface area contributed by atoms with Gasteiger partial charge in [0.25, 0.3) is 5.91 Å². The monoisotopic (exact) mass is 340 g/mol. The lowest BCUT2D eigenvalue weighted by Gasteiger charge is -2.17. The standard InChI is InChI=1S/C19H24N4O2/c1-4-5-9-16-18(24)22(19(25)20-16)12-15-8-6-7-10-17(15)23-14(3)11-13(2)21-23/h6-8,10-11,16H,4-5,9,12H2,1-3H3,(H,20,25). The smallest absolute Gasteiger partial charge is 0.325 e. The molecule has 0 radical (unpaired) electrons. The van der Waals surface area contributed by atoms with Gasteiger partial charge in [-0.1, -0.05) is 38.0 Å². The fraction of sp³-hybridized carbons (Fsp3) is 0.421. The Balaban J connectivity index is 1.85. The van der Waals surface area contributed by atoms with Crippen LogP contribution >= 0.6 is 0 Å². The highest BCUT2D eigenvalue weighted by molar-refractivity contribution is 6.04. The predicted octanol–water partition coefficient (Wildman–Crippen LogP) is 3.10. The summed E-state index contributed by atoms with van der Waals surface area (Å²) >= 11 is 0. The molecule has 1 saturated heterocycles. The van der Waals surface area contributed by atoms with E-state index in [4.69, 9.17) is 0 Å². The van der Waals surface area contributed by atoms with Crippen LogP contribution in [-0.2, 0) is 11.3 Å². The molecular formula is C19H24N4O2. The van der Waals surface area contributed by atoms with E-state index in [9.17, 15) is 9.59 Å². The number of carbonyl (C=O) groups is 2. The minimum absolute atomic E-state index is 0.137. The second kappa shape index (κ2) is 7.09. The number of benzene rings is 1. The van der Waals surface area contributed by atoms with Gasteiger partial charge in [0.15, 0.2) is 0 Å². The van der Waals surface area contributed by atoms with Crippen LogP contribution in [-0.4, -0.2) is 32.7 Å². The van der Waals surface area contributed by atoms with Crippen LogP contribution < -0.4 is 5.32 Å². The van der Waals surface area contributed by atoms with Gasteiger partial charge in [-0.25, -0.2) is 9.48 Å². The first-order valence-electron chi connectivity index (χ1n) is 8.74. The molecule has 1 unspecified atom stereocenters. The molecule has 3 amide bonds. The van der Waals surface area contributed by atoms with Crippen LogP contribution in [0.2, 0.25) is 0 Å². The number of nitrogens with one attached hydrogen (secondary N) is 1. The number of hydrogen-bond acceptors (Lipinski definition) is 3. The van der Waals surface area contributed by atoms with Crippen molar-refractivity contribution >= 4 is 11.9 Å². The quantitative estimate of drug-likeness (QED) is 0.822. The van der Waals surface area contributed by atoms with Crippen LogP contribution in [0.4, 0.5) is 4.79 Å². The van der Waals surface area contributed by atoms with Crippen LogP contribution in [0.15, 0.2) is 30.3 Å². The predicted molar refractivity (Wildman–Crippen MR) is 95.4 cm³/mol. The lowest BCUT2D eigenvalue weighted by atomic mass is 10.1. The van der Waals surface area contributed by atoms with E-state index in [1.54, 1.807) is 0 Å². The summed E-state index contributed by atoms with van der Waals surface area (Å²) in [7, 11) is 0. The van der Waals surface area contributed by atoms with Crippen molar-refractivity contribution in [3.8, 4) is 5.69 Å². The van der Waals surface area contributed by atoms with Crippen LogP contribution in [0, 0.1) is 13.8 Å². The molecule has 0 saturated carbocycles. The summed E-state index contributed by atoms with van der Waals surface area (Å²) in [5, 5.41) is 7.32. The number of para-hydroxylation sites is 1. The second-order valence-electron chi connectivity index (χ2n) is 6.54. The Hall–Kier alpha value is -2.63. The highest BCUT2D eigenvalue weighted by Crippen LogP contribution is 2.21. The number of aryl methyl sites for hydroxylation is 2. The normalized spacial score (nSPS) is 17.2. The van der Waals surface area contributed by atoms with Crippen molar-refractivity contribution in [3.63, 3.8) is 0 Å². The van der Waals surface area contributed by atoms with Gasteiger partial charge >= 0.3 is 6.03 Å². The molecule has 1 aromatic carbocycles. The van der Waals surface area contributed by atoms with Crippen molar-refractivity contribution in [3.05, 3.63) is 47.3 Å². The Morgan fingerprint density at radius 2 is 1.96 bits per heavy atom. The van der Waals surface area contributed by atoms with Crippen molar-refractivity contribution < 1.29 is 9.59 Å². The van der Waals surface area contributed by atoms with Crippen LogP contribution in [0.1, 0.15) is 43.1 Å². The third-order valence-electron chi connectivity index (χ3n) is 4.51. The van der Waals surface area contributed by atoms with Crippen LogP contribution in [0.25, 0.3) is 5.69 Å². The molecule has 2 heterocycles. The number of unbranched alkanes of at least 4 members (excludes halogenated alkanes) is 1. The third-order valence-corrected chi connectivity index (χ3v) is 4.51. The largest absolute Gasteiger partial charge is 0.326 e. The summed E-state index contributed by atoms with van der Waals surface area (Å²) < 4.78 is 1.86. The van der Waals surface area contributed by atoms with Gasteiger partial charge in [0.05, 0.1) is 17.9 Å². The van der Waals surface area contributed by atoms with Gasteiger partial charge in [-0.2, -0.15) is 5.10 Å². The number of rotatable bonds is 6. The molecular weight excluding hydrogens is 316 g/mol. The summed E-state index contributed by atoms with van der Waals surface area (Å²) in [4.78, 5) is 26.1. The molecule has 1 fully saturated rings. The molecule has 1 aromatic heterocycles. The molecule has 3 rings (SSSR count). The van der Waals surface area contributed by atoms with Crippen molar-refractivity contribution in [2.24, 2.45) is 0 Å². The van der Waals surface area contributed by atoms with Gasteiger partial charge in [0.1, 0.15) is 6.04 Å². The SMILES string of the molecule is CCCCC1NC(=O)N(Cc2ccccc2-n2nc(C)cc2C)C1=O.